The summed E-state index contributed by atoms with van der Waals surface area (Å²) < 4.78 is 17.8. The van der Waals surface area contributed by atoms with Crippen molar-refractivity contribution >= 4 is 14.2 Å². The third-order valence-electron chi connectivity index (χ3n) is 2.77. The molecule has 0 N–H and O–H groups in total. The standard InChI is InChI=1S/C17H20O4P/c1-2-14-19-22(15-13-18,20-16-9-5-3-6-10-16)21-17-11-7-4-8-12-17/h3-13H,2,14-15H2,1H3/q+1. The van der Waals surface area contributed by atoms with E-state index in [0.717, 1.165) is 12.7 Å². The van der Waals surface area contributed by atoms with Crippen LogP contribution < -0.4 is 9.05 Å². The number of hydrogen-bond acceptors (Lipinski definition) is 4. The molecule has 22 heavy (non-hydrogen) atoms. The molecular formula is C17H20O4P+. The summed E-state index contributed by atoms with van der Waals surface area (Å²) >= 11 is 0. The molecule has 0 amide bonds. The maximum atomic E-state index is 11.2. The molecule has 0 heterocycles. The van der Waals surface area contributed by atoms with Gasteiger partial charge in [-0.25, -0.2) is 0 Å². The Bertz CT molecular complexity index is 518. The van der Waals surface area contributed by atoms with Crippen molar-refractivity contribution < 1.29 is 18.4 Å². The van der Waals surface area contributed by atoms with E-state index in [4.69, 9.17) is 13.6 Å². The van der Waals surface area contributed by atoms with Crippen LogP contribution in [0.25, 0.3) is 0 Å². The minimum atomic E-state index is -2.82. The summed E-state index contributed by atoms with van der Waals surface area (Å²) in [5.41, 5.74) is 0. The summed E-state index contributed by atoms with van der Waals surface area (Å²) in [6.45, 7) is 2.47. The molecule has 0 aromatic heterocycles. The molecule has 4 nitrogen and oxygen atoms in total. The van der Waals surface area contributed by atoms with Crippen molar-refractivity contribution in [2.45, 2.75) is 13.3 Å². The molecule has 0 bridgehead atoms. The van der Waals surface area contributed by atoms with E-state index in [0.29, 0.717) is 18.1 Å². The third kappa shape index (κ3) is 4.83. The van der Waals surface area contributed by atoms with Gasteiger partial charge in [0, 0.05) is 0 Å². The second-order valence-electron chi connectivity index (χ2n) is 4.60. The first kappa shape index (κ1) is 16.5. The van der Waals surface area contributed by atoms with E-state index in [-0.39, 0.29) is 6.16 Å². The molecule has 0 fully saturated rings. The molecule has 0 saturated heterocycles. The lowest BCUT2D eigenvalue weighted by atomic mass is 10.3. The molecule has 0 aliphatic heterocycles. The fourth-order valence-corrected chi connectivity index (χ4v) is 3.73. The number of aldehydes is 1. The van der Waals surface area contributed by atoms with Crippen LogP contribution in [0, 0.1) is 0 Å². The zero-order valence-electron chi connectivity index (χ0n) is 12.6. The zero-order valence-corrected chi connectivity index (χ0v) is 13.4. The van der Waals surface area contributed by atoms with E-state index >= 15 is 0 Å². The molecule has 2 aromatic rings. The van der Waals surface area contributed by atoms with Crippen LogP contribution in [0.5, 0.6) is 11.5 Å². The fourth-order valence-electron chi connectivity index (χ4n) is 1.80. The van der Waals surface area contributed by atoms with Crippen LogP contribution in [0.1, 0.15) is 13.3 Å². The van der Waals surface area contributed by atoms with Gasteiger partial charge in [0.05, 0.1) is 6.61 Å². The van der Waals surface area contributed by atoms with Gasteiger partial charge >= 0.3 is 7.94 Å². The summed E-state index contributed by atoms with van der Waals surface area (Å²) in [6, 6.07) is 18.6. The fraction of sp³-hybridized carbons (Fsp3) is 0.235. The van der Waals surface area contributed by atoms with Crippen LogP contribution >= 0.6 is 7.94 Å². The Hall–Kier alpha value is -1.90. The Kier molecular flexibility index (Phi) is 6.38. The van der Waals surface area contributed by atoms with Gasteiger partial charge in [-0.2, -0.15) is 4.52 Å². The minimum absolute atomic E-state index is 0.0801. The average molecular weight is 319 g/mol. The number of hydrogen-bond donors (Lipinski definition) is 0. The van der Waals surface area contributed by atoms with Gasteiger partial charge in [0.25, 0.3) is 0 Å². The van der Waals surface area contributed by atoms with Gasteiger partial charge in [0.2, 0.25) is 6.16 Å². The van der Waals surface area contributed by atoms with Crippen LogP contribution in [-0.4, -0.2) is 19.1 Å². The van der Waals surface area contributed by atoms with Crippen molar-refractivity contribution in [2.24, 2.45) is 0 Å². The summed E-state index contributed by atoms with van der Waals surface area (Å²) in [6.07, 6.45) is 1.68. The van der Waals surface area contributed by atoms with Gasteiger partial charge in [-0.3, -0.25) is 13.8 Å². The molecule has 116 valence electrons. The van der Waals surface area contributed by atoms with Crippen molar-refractivity contribution in [3.05, 3.63) is 60.7 Å². The lowest BCUT2D eigenvalue weighted by molar-refractivity contribution is -0.106. The Balaban J connectivity index is 2.25. The minimum Gasteiger partial charge on any atom is -0.299 e. The summed E-state index contributed by atoms with van der Waals surface area (Å²) in [4.78, 5) is 11.2. The van der Waals surface area contributed by atoms with E-state index in [1.54, 1.807) is 0 Å². The Morgan fingerprint density at radius 3 is 1.82 bits per heavy atom. The normalized spacial score (nSPS) is 11.0. The largest absolute Gasteiger partial charge is 0.504 e. The van der Waals surface area contributed by atoms with E-state index in [1.165, 1.54) is 0 Å². The molecule has 0 unspecified atom stereocenters. The van der Waals surface area contributed by atoms with Gasteiger partial charge in [0.15, 0.2) is 17.8 Å². The van der Waals surface area contributed by atoms with Gasteiger partial charge in [-0.05, 0) is 30.7 Å². The number of rotatable bonds is 9. The average Bonchev–Trinajstić information content (AvgIpc) is 2.55. The first-order valence-corrected chi connectivity index (χ1v) is 8.96. The Morgan fingerprint density at radius 2 is 1.41 bits per heavy atom. The van der Waals surface area contributed by atoms with Crippen LogP contribution in [-0.2, 0) is 9.32 Å². The predicted molar refractivity (Wildman–Crippen MR) is 88.2 cm³/mol. The highest BCUT2D eigenvalue weighted by Crippen LogP contribution is 2.60. The quantitative estimate of drug-likeness (QED) is 0.503. The molecule has 0 aliphatic rings. The van der Waals surface area contributed by atoms with Crippen LogP contribution in [0.4, 0.5) is 0 Å². The van der Waals surface area contributed by atoms with Crippen molar-refractivity contribution in [1.29, 1.82) is 0 Å². The molecule has 0 aliphatic carbocycles. The van der Waals surface area contributed by atoms with E-state index in [9.17, 15) is 4.79 Å². The van der Waals surface area contributed by atoms with Crippen molar-refractivity contribution in [3.8, 4) is 11.5 Å². The van der Waals surface area contributed by atoms with Crippen molar-refractivity contribution in [2.75, 3.05) is 12.8 Å². The number of para-hydroxylation sites is 2. The number of carbonyl (C=O) groups is 1. The molecule has 0 spiro atoms. The third-order valence-corrected chi connectivity index (χ3v) is 4.92. The molecule has 5 heteroatoms. The molecule has 0 atom stereocenters. The lowest BCUT2D eigenvalue weighted by Gasteiger charge is -2.21. The highest BCUT2D eigenvalue weighted by Gasteiger charge is 2.48. The van der Waals surface area contributed by atoms with Gasteiger partial charge in [0.1, 0.15) is 0 Å². The van der Waals surface area contributed by atoms with E-state index in [1.807, 2.05) is 67.6 Å². The molecule has 0 saturated carbocycles. The Labute approximate surface area is 131 Å². The van der Waals surface area contributed by atoms with Crippen molar-refractivity contribution in [1.82, 2.24) is 0 Å². The summed E-state index contributed by atoms with van der Waals surface area (Å²) in [7, 11) is -2.82. The smallest absolute Gasteiger partial charge is 0.299 e. The van der Waals surface area contributed by atoms with Crippen LogP contribution in [0.3, 0.4) is 0 Å². The molecule has 2 aromatic carbocycles. The highest BCUT2D eigenvalue weighted by atomic mass is 31.2. The second-order valence-corrected chi connectivity index (χ2v) is 6.81. The van der Waals surface area contributed by atoms with Crippen LogP contribution in [0.2, 0.25) is 0 Å². The summed E-state index contributed by atoms with van der Waals surface area (Å²) in [5, 5.41) is 0. The SMILES string of the molecule is CCCO[P+](CC=O)(Oc1ccccc1)Oc1ccccc1. The maximum Gasteiger partial charge on any atom is 0.504 e. The second kappa shape index (κ2) is 8.52. The molecule has 2 rings (SSSR count). The van der Waals surface area contributed by atoms with Crippen LogP contribution in [0.15, 0.2) is 60.7 Å². The van der Waals surface area contributed by atoms with Gasteiger partial charge in [-0.15, -0.1) is 0 Å². The summed E-state index contributed by atoms with van der Waals surface area (Å²) in [5.74, 6) is 1.26. The zero-order chi connectivity index (χ0) is 15.7. The lowest BCUT2D eigenvalue weighted by Crippen LogP contribution is -2.17. The molecule has 0 radical (unpaired) electrons. The number of benzene rings is 2. The van der Waals surface area contributed by atoms with E-state index in [2.05, 4.69) is 0 Å². The molecular weight excluding hydrogens is 299 g/mol. The van der Waals surface area contributed by atoms with Gasteiger partial charge < -0.3 is 0 Å². The predicted octanol–water partition coefficient (Wildman–Crippen LogP) is 4.53. The number of carbonyl (C=O) groups excluding carboxylic acids is 1. The monoisotopic (exact) mass is 319 g/mol. The first-order chi connectivity index (χ1) is 10.8. The highest BCUT2D eigenvalue weighted by molar-refractivity contribution is 7.63. The maximum absolute atomic E-state index is 11.2. The van der Waals surface area contributed by atoms with E-state index < -0.39 is 7.94 Å². The topological polar surface area (TPSA) is 44.8 Å². The van der Waals surface area contributed by atoms with Gasteiger partial charge in [-0.1, -0.05) is 43.3 Å². The first-order valence-electron chi connectivity index (χ1n) is 7.23. The Morgan fingerprint density at radius 1 is 0.909 bits per heavy atom. The van der Waals surface area contributed by atoms with Crippen molar-refractivity contribution in [3.63, 3.8) is 0 Å².